The first kappa shape index (κ1) is 24.2. The number of ether oxygens (including phenoxy) is 1. The SMILES string of the molecule is COC(=O)c1ccc(N(CC(C)C)c2sc3c(c2C)C(C)(C)CCC3(C)C)cc1[N+](=O)[O-]. The highest BCUT2D eigenvalue weighted by atomic mass is 32.1. The van der Waals surface area contributed by atoms with Crippen molar-refractivity contribution in [1.29, 1.82) is 0 Å². The fraction of sp³-hybridized carbons (Fsp3) is 0.560. The second-order valence-electron chi connectivity index (χ2n) is 10.5. The monoisotopic (exact) mass is 458 g/mol. The highest BCUT2D eigenvalue weighted by Gasteiger charge is 2.41. The first-order valence-corrected chi connectivity index (χ1v) is 11.9. The smallest absolute Gasteiger partial charge is 0.344 e. The molecule has 0 aliphatic heterocycles. The Hall–Kier alpha value is -2.41. The van der Waals surface area contributed by atoms with Crippen LogP contribution in [0.5, 0.6) is 0 Å². The van der Waals surface area contributed by atoms with E-state index in [1.165, 1.54) is 35.2 Å². The Bertz CT molecular complexity index is 1050. The number of nitrogens with zero attached hydrogens (tertiary/aromatic N) is 2. The van der Waals surface area contributed by atoms with Crippen LogP contribution in [0.4, 0.5) is 16.4 Å². The van der Waals surface area contributed by atoms with Gasteiger partial charge in [-0.1, -0.05) is 41.5 Å². The van der Waals surface area contributed by atoms with E-state index in [1.54, 1.807) is 6.07 Å². The molecular weight excluding hydrogens is 424 g/mol. The summed E-state index contributed by atoms with van der Waals surface area (Å²) in [5, 5.41) is 12.9. The molecule has 2 aromatic rings. The summed E-state index contributed by atoms with van der Waals surface area (Å²) < 4.78 is 4.74. The third-order valence-electron chi connectivity index (χ3n) is 6.48. The summed E-state index contributed by atoms with van der Waals surface area (Å²) in [6.45, 7) is 16.4. The van der Waals surface area contributed by atoms with Gasteiger partial charge in [-0.05, 0) is 59.8 Å². The van der Waals surface area contributed by atoms with Gasteiger partial charge in [-0.25, -0.2) is 4.79 Å². The van der Waals surface area contributed by atoms with Crippen LogP contribution in [0.3, 0.4) is 0 Å². The standard InChI is InChI=1S/C25H34N2O4S/c1-15(2)14-26(17-9-10-18(23(28)31-8)19(13-17)27(29)30)22-16(3)20-21(32-22)25(6,7)12-11-24(20,4)5/h9-10,13,15H,11-12,14H2,1-8H3. The normalized spacial score (nSPS) is 16.5. The van der Waals surface area contributed by atoms with Crippen molar-refractivity contribution in [2.75, 3.05) is 18.6 Å². The summed E-state index contributed by atoms with van der Waals surface area (Å²) in [4.78, 5) is 26.9. The molecule has 0 unspecified atom stereocenters. The van der Waals surface area contributed by atoms with Crippen LogP contribution >= 0.6 is 11.3 Å². The molecule has 0 amide bonds. The molecule has 0 bridgehead atoms. The molecule has 32 heavy (non-hydrogen) atoms. The van der Waals surface area contributed by atoms with E-state index in [0.717, 1.165) is 30.1 Å². The summed E-state index contributed by atoms with van der Waals surface area (Å²) >= 11 is 1.81. The van der Waals surface area contributed by atoms with Crippen molar-refractivity contribution < 1.29 is 14.5 Å². The van der Waals surface area contributed by atoms with Crippen molar-refractivity contribution in [3.05, 3.63) is 49.9 Å². The lowest BCUT2D eigenvalue weighted by atomic mass is 9.66. The number of thiophene rings is 1. The quantitative estimate of drug-likeness (QED) is 0.268. The van der Waals surface area contributed by atoms with Gasteiger partial charge in [-0.2, -0.15) is 0 Å². The predicted octanol–water partition coefficient (Wildman–Crippen LogP) is 6.89. The molecule has 0 fully saturated rings. The average Bonchev–Trinajstić information content (AvgIpc) is 3.08. The molecule has 0 radical (unpaired) electrons. The summed E-state index contributed by atoms with van der Waals surface area (Å²) in [5.74, 6) is -0.362. The number of nitro benzene ring substituents is 1. The van der Waals surface area contributed by atoms with Crippen molar-refractivity contribution in [1.82, 2.24) is 0 Å². The lowest BCUT2D eigenvalue weighted by molar-refractivity contribution is -0.385. The number of rotatable bonds is 6. The lowest BCUT2D eigenvalue weighted by Gasteiger charge is -2.39. The molecule has 174 valence electrons. The van der Waals surface area contributed by atoms with E-state index in [2.05, 4.69) is 53.4 Å². The number of hydrogen-bond donors (Lipinski definition) is 0. The molecule has 1 aliphatic carbocycles. The van der Waals surface area contributed by atoms with E-state index in [-0.39, 0.29) is 22.1 Å². The van der Waals surface area contributed by atoms with Gasteiger partial charge in [0.15, 0.2) is 0 Å². The van der Waals surface area contributed by atoms with Crippen LogP contribution in [-0.2, 0) is 15.6 Å². The topological polar surface area (TPSA) is 72.7 Å². The molecule has 0 saturated heterocycles. The Morgan fingerprint density at radius 2 is 1.84 bits per heavy atom. The third kappa shape index (κ3) is 4.27. The van der Waals surface area contributed by atoms with Gasteiger partial charge in [-0.3, -0.25) is 10.1 Å². The first-order valence-electron chi connectivity index (χ1n) is 11.1. The van der Waals surface area contributed by atoms with E-state index >= 15 is 0 Å². The van der Waals surface area contributed by atoms with Crippen LogP contribution in [-0.4, -0.2) is 24.5 Å². The van der Waals surface area contributed by atoms with E-state index < -0.39 is 10.9 Å². The number of benzene rings is 1. The molecule has 0 atom stereocenters. The zero-order chi connectivity index (χ0) is 24.0. The number of carbonyl (C=O) groups is 1. The van der Waals surface area contributed by atoms with E-state index in [4.69, 9.17) is 4.74 Å². The number of nitro groups is 1. The zero-order valence-corrected chi connectivity index (χ0v) is 21.2. The first-order chi connectivity index (χ1) is 14.8. The fourth-order valence-electron chi connectivity index (χ4n) is 4.71. The van der Waals surface area contributed by atoms with Crippen LogP contribution in [0.15, 0.2) is 18.2 Å². The van der Waals surface area contributed by atoms with Gasteiger partial charge in [0.25, 0.3) is 5.69 Å². The highest BCUT2D eigenvalue weighted by Crippen LogP contribution is 2.54. The summed E-state index contributed by atoms with van der Waals surface area (Å²) in [6.07, 6.45) is 2.27. The van der Waals surface area contributed by atoms with Crippen molar-refractivity contribution >= 4 is 33.7 Å². The lowest BCUT2D eigenvalue weighted by Crippen LogP contribution is -2.32. The highest BCUT2D eigenvalue weighted by molar-refractivity contribution is 7.16. The number of fused-ring (bicyclic) bond motifs is 1. The van der Waals surface area contributed by atoms with E-state index in [9.17, 15) is 14.9 Å². The number of carbonyl (C=O) groups excluding carboxylic acids is 1. The fourth-order valence-corrected chi connectivity index (χ4v) is 6.35. The van der Waals surface area contributed by atoms with Gasteiger partial charge in [0, 0.05) is 23.2 Å². The second kappa shape index (κ2) is 8.50. The molecule has 3 rings (SSSR count). The van der Waals surface area contributed by atoms with Crippen molar-refractivity contribution in [2.45, 2.75) is 72.1 Å². The molecule has 1 heterocycles. The van der Waals surface area contributed by atoms with E-state index in [0.29, 0.717) is 5.92 Å². The number of esters is 1. The maximum absolute atomic E-state index is 12.1. The minimum Gasteiger partial charge on any atom is -0.465 e. The van der Waals surface area contributed by atoms with Gasteiger partial charge >= 0.3 is 5.97 Å². The van der Waals surface area contributed by atoms with Gasteiger partial charge in [0.05, 0.1) is 17.0 Å². The zero-order valence-electron chi connectivity index (χ0n) is 20.4. The molecule has 0 N–H and O–H groups in total. The molecule has 1 aromatic carbocycles. The van der Waals surface area contributed by atoms with Gasteiger partial charge in [0.1, 0.15) is 5.56 Å². The van der Waals surface area contributed by atoms with Crippen LogP contribution < -0.4 is 4.90 Å². The molecule has 6 nitrogen and oxygen atoms in total. The number of anilines is 2. The Morgan fingerprint density at radius 3 is 2.38 bits per heavy atom. The molecular formula is C25H34N2O4S. The minimum atomic E-state index is -0.704. The molecule has 7 heteroatoms. The molecule has 1 aliphatic rings. The summed E-state index contributed by atoms with van der Waals surface area (Å²) in [7, 11) is 1.23. The van der Waals surface area contributed by atoms with Crippen LogP contribution in [0.1, 0.15) is 80.7 Å². The van der Waals surface area contributed by atoms with Gasteiger partial charge in [0.2, 0.25) is 0 Å². The molecule has 0 saturated carbocycles. The summed E-state index contributed by atoms with van der Waals surface area (Å²) in [5.41, 5.74) is 3.32. The Kier molecular flexibility index (Phi) is 6.44. The van der Waals surface area contributed by atoms with Crippen LogP contribution in [0.25, 0.3) is 0 Å². The Morgan fingerprint density at radius 1 is 1.22 bits per heavy atom. The summed E-state index contributed by atoms with van der Waals surface area (Å²) in [6, 6.07) is 4.79. The maximum atomic E-state index is 12.1. The van der Waals surface area contributed by atoms with Gasteiger partial charge in [-0.15, -0.1) is 11.3 Å². The van der Waals surface area contributed by atoms with E-state index in [1.807, 2.05) is 11.3 Å². The number of hydrogen-bond acceptors (Lipinski definition) is 6. The maximum Gasteiger partial charge on any atom is 0.344 e. The Labute approximate surface area is 194 Å². The second-order valence-corrected chi connectivity index (χ2v) is 11.5. The number of methoxy groups -OCH3 is 1. The average molecular weight is 459 g/mol. The molecule has 0 spiro atoms. The van der Waals surface area contributed by atoms with Crippen molar-refractivity contribution in [2.24, 2.45) is 5.92 Å². The van der Waals surface area contributed by atoms with Crippen molar-refractivity contribution in [3.8, 4) is 0 Å². The van der Waals surface area contributed by atoms with Crippen molar-refractivity contribution in [3.63, 3.8) is 0 Å². The Balaban J connectivity index is 2.22. The molecule has 1 aromatic heterocycles. The predicted molar refractivity (Wildman–Crippen MR) is 131 cm³/mol. The third-order valence-corrected chi connectivity index (χ3v) is 8.16. The van der Waals surface area contributed by atoms with Gasteiger partial charge < -0.3 is 9.64 Å². The van der Waals surface area contributed by atoms with Crippen LogP contribution in [0, 0.1) is 23.0 Å². The largest absolute Gasteiger partial charge is 0.465 e. The van der Waals surface area contributed by atoms with Crippen LogP contribution in [0.2, 0.25) is 0 Å². The minimum absolute atomic E-state index is 0.0322.